The van der Waals surface area contributed by atoms with Gasteiger partial charge in [-0.05, 0) is 37.1 Å². The molecule has 0 bridgehead atoms. The van der Waals surface area contributed by atoms with Crippen molar-refractivity contribution in [1.82, 2.24) is 4.98 Å². The van der Waals surface area contributed by atoms with Crippen LogP contribution in [0, 0.1) is 0 Å². The third-order valence-electron chi connectivity index (χ3n) is 2.56. The van der Waals surface area contributed by atoms with E-state index >= 15 is 0 Å². The lowest BCUT2D eigenvalue weighted by molar-refractivity contribution is 0.603. The van der Waals surface area contributed by atoms with Crippen molar-refractivity contribution in [1.29, 1.82) is 0 Å². The fourth-order valence-corrected chi connectivity index (χ4v) is 1.88. The van der Waals surface area contributed by atoms with E-state index in [1.807, 2.05) is 12.1 Å². The van der Waals surface area contributed by atoms with Gasteiger partial charge < -0.3 is 4.42 Å². The van der Waals surface area contributed by atoms with Gasteiger partial charge in [-0.3, -0.25) is 4.98 Å². The van der Waals surface area contributed by atoms with Gasteiger partial charge >= 0.3 is 0 Å². The normalized spacial score (nSPS) is 12.0. The number of allylic oxidation sites excluding steroid dienone is 2. The lowest BCUT2D eigenvalue weighted by atomic mass is 10.1. The van der Waals surface area contributed by atoms with Crippen LogP contribution in [-0.2, 0) is 0 Å². The molecule has 2 heteroatoms. The molecule has 82 valence electrons. The third-order valence-corrected chi connectivity index (χ3v) is 2.56. The van der Waals surface area contributed by atoms with Crippen LogP contribution in [0.5, 0.6) is 0 Å². The molecule has 2 nitrogen and oxygen atoms in total. The highest BCUT2D eigenvalue weighted by Crippen LogP contribution is 2.30. The summed E-state index contributed by atoms with van der Waals surface area (Å²) in [6, 6.07) is 3.80. The van der Waals surface area contributed by atoms with Crippen LogP contribution in [0.25, 0.3) is 22.7 Å². The van der Waals surface area contributed by atoms with E-state index in [0.29, 0.717) is 0 Å². The highest BCUT2D eigenvalue weighted by atomic mass is 16.3. The molecule has 0 aromatic carbocycles. The number of pyridine rings is 1. The molecule has 0 atom stereocenters. The van der Waals surface area contributed by atoms with Crippen molar-refractivity contribution in [2.24, 2.45) is 0 Å². The minimum absolute atomic E-state index is 0.802. The Balaban J connectivity index is 2.74. The van der Waals surface area contributed by atoms with Crippen LogP contribution in [-0.4, -0.2) is 4.98 Å². The molecular weight excluding hydrogens is 198 g/mol. The van der Waals surface area contributed by atoms with Crippen LogP contribution in [0.2, 0.25) is 0 Å². The highest BCUT2D eigenvalue weighted by molar-refractivity contribution is 5.91. The summed E-state index contributed by atoms with van der Waals surface area (Å²) in [5, 5.41) is 0. The number of furan rings is 1. The molecule has 0 saturated heterocycles. The maximum absolute atomic E-state index is 5.69. The van der Waals surface area contributed by atoms with Crippen LogP contribution in [0.4, 0.5) is 0 Å². The van der Waals surface area contributed by atoms with Gasteiger partial charge in [0.1, 0.15) is 11.3 Å². The molecule has 2 aromatic heterocycles. The minimum atomic E-state index is 0.802. The zero-order valence-electron chi connectivity index (χ0n) is 9.66. The van der Waals surface area contributed by atoms with E-state index < -0.39 is 0 Å². The standard InChI is InChI=1S/C14H15NO/c1-4-7-10(3)13-11(5-2)16-12-8-6-9-15-14(12)13/h5-9H,2,4H2,1,3H3/b10-7-. The Morgan fingerprint density at radius 3 is 3.06 bits per heavy atom. The second-order valence-electron chi connectivity index (χ2n) is 3.69. The number of rotatable bonds is 3. The number of fused-ring (bicyclic) bond motifs is 1. The molecular formula is C14H15NO. The molecule has 2 aromatic rings. The first-order valence-corrected chi connectivity index (χ1v) is 5.45. The van der Waals surface area contributed by atoms with Crippen LogP contribution < -0.4 is 0 Å². The van der Waals surface area contributed by atoms with Gasteiger partial charge in [0.15, 0.2) is 5.58 Å². The van der Waals surface area contributed by atoms with Crippen molar-refractivity contribution in [2.45, 2.75) is 20.3 Å². The predicted octanol–water partition coefficient (Wildman–Crippen LogP) is 4.28. The molecule has 0 spiro atoms. The maximum Gasteiger partial charge on any atom is 0.153 e. The molecule has 2 rings (SSSR count). The molecule has 2 heterocycles. The summed E-state index contributed by atoms with van der Waals surface area (Å²) in [4.78, 5) is 4.37. The summed E-state index contributed by atoms with van der Waals surface area (Å²) in [5.41, 5.74) is 3.98. The Kier molecular flexibility index (Phi) is 2.91. The van der Waals surface area contributed by atoms with Crippen LogP contribution in [0.3, 0.4) is 0 Å². The van der Waals surface area contributed by atoms with Crippen molar-refractivity contribution >= 4 is 22.7 Å². The first kappa shape index (κ1) is 10.7. The summed E-state index contributed by atoms with van der Waals surface area (Å²) < 4.78 is 5.69. The summed E-state index contributed by atoms with van der Waals surface area (Å²) in [6.45, 7) is 7.98. The van der Waals surface area contributed by atoms with Gasteiger partial charge in [0.25, 0.3) is 0 Å². The summed E-state index contributed by atoms with van der Waals surface area (Å²) in [6.07, 6.45) is 6.70. The SMILES string of the molecule is C=Cc1oc2cccnc2c1/C(C)=C\CC. The number of nitrogens with zero attached hydrogens (tertiary/aromatic N) is 1. The van der Waals surface area contributed by atoms with Crippen molar-refractivity contribution in [2.75, 3.05) is 0 Å². The van der Waals surface area contributed by atoms with Crippen molar-refractivity contribution in [3.05, 3.63) is 42.3 Å². The first-order valence-electron chi connectivity index (χ1n) is 5.45. The van der Waals surface area contributed by atoms with Gasteiger partial charge in [-0.15, -0.1) is 0 Å². The van der Waals surface area contributed by atoms with E-state index in [-0.39, 0.29) is 0 Å². The molecule has 0 aliphatic heterocycles. The van der Waals surface area contributed by atoms with Crippen molar-refractivity contribution in [3.63, 3.8) is 0 Å². The van der Waals surface area contributed by atoms with Gasteiger partial charge in [-0.25, -0.2) is 0 Å². The molecule has 0 radical (unpaired) electrons. The predicted molar refractivity (Wildman–Crippen MR) is 68.0 cm³/mol. The molecule has 0 amide bonds. The molecule has 0 fully saturated rings. The Labute approximate surface area is 95.3 Å². The highest BCUT2D eigenvalue weighted by Gasteiger charge is 2.13. The second-order valence-corrected chi connectivity index (χ2v) is 3.69. The molecule has 0 saturated carbocycles. The van der Waals surface area contributed by atoms with Gasteiger partial charge in [-0.2, -0.15) is 0 Å². The van der Waals surface area contributed by atoms with E-state index in [1.54, 1.807) is 12.3 Å². The quantitative estimate of drug-likeness (QED) is 0.760. The fourth-order valence-electron chi connectivity index (χ4n) is 1.88. The first-order chi connectivity index (χ1) is 7.77. The van der Waals surface area contributed by atoms with Gasteiger partial charge in [0.05, 0.1) is 0 Å². The lowest BCUT2D eigenvalue weighted by Gasteiger charge is -1.98. The zero-order chi connectivity index (χ0) is 11.5. The number of hydrogen-bond donors (Lipinski definition) is 0. The number of aromatic nitrogens is 1. The maximum atomic E-state index is 5.69. The molecule has 0 N–H and O–H groups in total. The summed E-state index contributed by atoms with van der Waals surface area (Å²) in [5.74, 6) is 0.802. The molecule has 0 unspecified atom stereocenters. The molecule has 0 aliphatic rings. The minimum Gasteiger partial charge on any atom is -0.454 e. The fraction of sp³-hybridized carbons (Fsp3) is 0.214. The average molecular weight is 213 g/mol. The van der Waals surface area contributed by atoms with E-state index in [0.717, 1.165) is 28.8 Å². The molecule has 0 aliphatic carbocycles. The monoisotopic (exact) mass is 213 g/mol. The second kappa shape index (κ2) is 4.35. The average Bonchev–Trinajstić information content (AvgIpc) is 2.67. The van der Waals surface area contributed by atoms with Gasteiger partial charge in [-0.1, -0.05) is 19.6 Å². The molecule has 16 heavy (non-hydrogen) atoms. The third kappa shape index (κ3) is 1.67. The Bertz CT molecular complexity index is 549. The van der Waals surface area contributed by atoms with E-state index in [2.05, 4.69) is 31.5 Å². The van der Waals surface area contributed by atoms with Gasteiger partial charge in [0.2, 0.25) is 0 Å². The topological polar surface area (TPSA) is 26.0 Å². The van der Waals surface area contributed by atoms with Crippen molar-refractivity contribution < 1.29 is 4.42 Å². The van der Waals surface area contributed by atoms with Gasteiger partial charge in [0, 0.05) is 11.8 Å². The Hall–Kier alpha value is -1.83. The Morgan fingerprint density at radius 2 is 2.38 bits per heavy atom. The van der Waals surface area contributed by atoms with Crippen LogP contribution in [0.15, 0.2) is 35.4 Å². The summed E-state index contributed by atoms with van der Waals surface area (Å²) in [7, 11) is 0. The van der Waals surface area contributed by atoms with Crippen LogP contribution in [0.1, 0.15) is 31.6 Å². The van der Waals surface area contributed by atoms with E-state index in [9.17, 15) is 0 Å². The van der Waals surface area contributed by atoms with Crippen molar-refractivity contribution in [3.8, 4) is 0 Å². The summed E-state index contributed by atoms with van der Waals surface area (Å²) >= 11 is 0. The smallest absolute Gasteiger partial charge is 0.153 e. The van der Waals surface area contributed by atoms with E-state index in [4.69, 9.17) is 4.42 Å². The Morgan fingerprint density at radius 1 is 1.56 bits per heavy atom. The van der Waals surface area contributed by atoms with Crippen LogP contribution >= 0.6 is 0 Å². The number of hydrogen-bond acceptors (Lipinski definition) is 2. The largest absolute Gasteiger partial charge is 0.454 e. The van der Waals surface area contributed by atoms with E-state index in [1.165, 1.54) is 5.57 Å². The zero-order valence-corrected chi connectivity index (χ0v) is 9.66. The lowest BCUT2D eigenvalue weighted by Crippen LogP contribution is -1.83.